The molecule has 7 nitrogen and oxygen atoms in total. The summed E-state index contributed by atoms with van der Waals surface area (Å²) in [5.74, 6) is -2.59. The molecular weight excluding hydrogens is 375 g/mol. The largest absolute Gasteiger partial charge is 0.480 e. The number of halogens is 1. The van der Waals surface area contributed by atoms with Crippen LogP contribution >= 0.6 is 0 Å². The fraction of sp³-hybridized carbons (Fsp3) is 0.556. The number of carboxylic acids is 1. The molecule has 1 amide bonds. The minimum atomic E-state index is -3.74. The molecule has 1 heterocycles. The van der Waals surface area contributed by atoms with Gasteiger partial charge in [-0.05, 0) is 43.0 Å². The molecule has 9 heteroatoms. The van der Waals surface area contributed by atoms with Crippen LogP contribution in [0.5, 0.6) is 0 Å². The van der Waals surface area contributed by atoms with Crippen molar-refractivity contribution in [3.05, 3.63) is 30.1 Å². The number of hydrogen-bond acceptors (Lipinski definition) is 4. The van der Waals surface area contributed by atoms with E-state index in [1.807, 2.05) is 6.92 Å². The molecular formula is C18H25FN2O5S. The number of carbonyl (C=O) groups is 2. The first kappa shape index (κ1) is 21.3. The van der Waals surface area contributed by atoms with Crippen molar-refractivity contribution in [3.8, 4) is 0 Å². The Labute approximate surface area is 158 Å². The Hall–Kier alpha value is -2.00. The average Bonchev–Trinajstić information content (AvgIpc) is 2.65. The van der Waals surface area contributed by atoms with Gasteiger partial charge in [-0.1, -0.05) is 20.3 Å². The molecule has 1 aliphatic heterocycles. The van der Waals surface area contributed by atoms with Crippen LogP contribution in [0.15, 0.2) is 29.2 Å². The molecule has 0 spiro atoms. The monoisotopic (exact) mass is 400 g/mol. The van der Waals surface area contributed by atoms with E-state index in [9.17, 15) is 27.5 Å². The van der Waals surface area contributed by atoms with Gasteiger partial charge in [0.2, 0.25) is 15.9 Å². The van der Waals surface area contributed by atoms with Crippen molar-refractivity contribution in [1.29, 1.82) is 0 Å². The molecule has 150 valence electrons. The first-order chi connectivity index (χ1) is 12.7. The number of rotatable bonds is 7. The molecule has 2 atom stereocenters. The third-order valence-electron chi connectivity index (χ3n) is 5.05. The second kappa shape index (κ2) is 8.79. The van der Waals surface area contributed by atoms with Gasteiger partial charge in [0.1, 0.15) is 11.9 Å². The highest BCUT2D eigenvalue weighted by atomic mass is 32.2. The molecule has 1 aromatic carbocycles. The molecule has 27 heavy (non-hydrogen) atoms. The molecule has 1 aliphatic rings. The van der Waals surface area contributed by atoms with E-state index in [1.165, 1.54) is 16.4 Å². The van der Waals surface area contributed by atoms with Gasteiger partial charge in [-0.2, -0.15) is 4.31 Å². The lowest BCUT2D eigenvalue weighted by molar-refractivity contribution is -0.144. The first-order valence-electron chi connectivity index (χ1n) is 8.95. The van der Waals surface area contributed by atoms with E-state index in [2.05, 4.69) is 5.32 Å². The first-order valence-corrected chi connectivity index (χ1v) is 10.4. The lowest BCUT2D eigenvalue weighted by Gasteiger charge is -2.31. The van der Waals surface area contributed by atoms with Crippen molar-refractivity contribution in [1.82, 2.24) is 9.62 Å². The van der Waals surface area contributed by atoms with E-state index in [0.717, 1.165) is 12.1 Å². The van der Waals surface area contributed by atoms with Gasteiger partial charge in [0.05, 0.1) is 4.90 Å². The quantitative estimate of drug-likeness (QED) is 0.727. The molecule has 2 rings (SSSR count). The van der Waals surface area contributed by atoms with Crippen LogP contribution in [-0.2, 0) is 19.6 Å². The predicted octanol–water partition coefficient (Wildman–Crippen LogP) is 1.84. The maximum Gasteiger partial charge on any atom is 0.326 e. The van der Waals surface area contributed by atoms with Gasteiger partial charge < -0.3 is 10.4 Å². The summed E-state index contributed by atoms with van der Waals surface area (Å²) in [6.07, 6.45) is 1.23. The summed E-state index contributed by atoms with van der Waals surface area (Å²) in [5, 5.41) is 11.9. The third-order valence-corrected chi connectivity index (χ3v) is 6.97. The van der Waals surface area contributed by atoms with Crippen molar-refractivity contribution in [3.63, 3.8) is 0 Å². The minimum Gasteiger partial charge on any atom is -0.480 e. The number of benzene rings is 1. The fourth-order valence-electron chi connectivity index (χ4n) is 3.07. The summed E-state index contributed by atoms with van der Waals surface area (Å²) in [5.41, 5.74) is 0. The SMILES string of the molecule is CC[C@H](C)[C@H](NC(=O)C1CCN(S(=O)(=O)c2ccc(F)cc2)CC1)C(=O)O. The maximum absolute atomic E-state index is 13.0. The molecule has 0 aliphatic carbocycles. The number of aliphatic carboxylic acids is 1. The average molecular weight is 400 g/mol. The summed E-state index contributed by atoms with van der Waals surface area (Å²) in [6.45, 7) is 3.92. The highest BCUT2D eigenvalue weighted by molar-refractivity contribution is 7.89. The Balaban J connectivity index is 1.99. The minimum absolute atomic E-state index is 0.00881. The molecule has 1 aromatic rings. The van der Waals surface area contributed by atoms with Gasteiger partial charge in [0.15, 0.2) is 0 Å². The van der Waals surface area contributed by atoms with Crippen LogP contribution in [0, 0.1) is 17.7 Å². The zero-order valence-electron chi connectivity index (χ0n) is 15.4. The second-order valence-corrected chi connectivity index (χ2v) is 8.78. The van der Waals surface area contributed by atoms with Gasteiger partial charge in [0, 0.05) is 19.0 Å². The maximum atomic E-state index is 13.0. The molecule has 1 fully saturated rings. The van der Waals surface area contributed by atoms with Crippen LogP contribution in [0.3, 0.4) is 0 Å². The summed E-state index contributed by atoms with van der Waals surface area (Å²) in [7, 11) is -3.74. The standard InChI is InChI=1S/C18H25FN2O5S/c1-3-12(2)16(18(23)24)20-17(22)13-8-10-21(11-9-13)27(25,26)15-6-4-14(19)5-7-15/h4-7,12-13,16H,3,8-11H2,1-2H3,(H,20,22)(H,23,24)/t12-,16-/m0/s1. The van der Waals surface area contributed by atoms with E-state index >= 15 is 0 Å². The smallest absolute Gasteiger partial charge is 0.326 e. The zero-order valence-corrected chi connectivity index (χ0v) is 16.2. The van der Waals surface area contributed by atoms with Crippen LogP contribution in [0.2, 0.25) is 0 Å². The summed E-state index contributed by atoms with van der Waals surface area (Å²) in [6, 6.07) is 3.66. The Morgan fingerprint density at radius 2 is 1.81 bits per heavy atom. The number of piperidine rings is 1. The third kappa shape index (κ3) is 5.04. The van der Waals surface area contributed by atoms with Crippen LogP contribution in [0.25, 0.3) is 0 Å². The predicted molar refractivity (Wildman–Crippen MR) is 96.9 cm³/mol. The Bertz CT molecular complexity index is 773. The molecule has 0 saturated carbocycles. The second-order valence-electron chi connectivity index (χ2n) is 6.84. The highest BCUT2D eigenvalue weighted by Crippen LogP contribution is 2.24. The molecule has 0 bridgehead atoms. The lowest BCUT2D eigenvalue weighted by Crippen LogP contribution is -2.49. The van der Waals surface area contributed by atoms with Crippen LogP contribution in [0.1, 0.15) is 33.1 Å². The van der Waals surface area contributed by atoms with E-state index < -0.39 is 33.8 Å². The Morgan fingerprint density at radius 1 is 1.26 bits per heavy atom. The number of hydrogen-bond donors (Lipinski definition) is 2. The molecule has 2 N–H and O–H groups in total. The van der Waals surface area contributed by atoms with Gasteiger partial charge in [-0.15, -0.1) is 0 Å². The summed E-state index contributed by atoms with van der Waals surface area (Å²) in [4.78, 5) is 23.8. The van der Waals surface area contributed by atoms with Crippen LogP contribution in [0.4, 0.5) is 4.39 Å². The van der Waals surface area contributed by atoms with E-state index in [1.54, 1.807) is 6.92 Å². The van der Waals surface area contributed by atoms with E-state index in [4.69, 9.17) is 0 Å². The van der Waals surface area contributed by atoms with Crippen molar-refractivity contribution < 1.29 is 27.5 Å². The molecule has 0 radical (unpaired) electrons. The number of sulfonamides is 1. The summed E-state index contributed by atoms with van der Waals surface area (Å²) >= 11 is 0. The van der Waals surface area contributed by atoms with Gasteiger partial charge in [0.25, 0.3) is 0 Å². The van der Waals surface area contributed by atoms with Crippen molar-refractivity contribution in [2.45, 2.75) is 44.0 Å². The topological polar surface area (TPSA) is 104 Å². The number of amides is 1. The lowest BCUT2D eigenvalue weighted by atomic mass is 9.94. The number of carbonyl (C=O) groups excluding carboxylic acids is 1. The van der Waals surface area contributed by atoms with Gasteiger partial charge in [-0.3, -0.25) is 4.79 Å². The van der Waals surface area contributed by atoms with Crippen molar-refractivity contribution >= 4 is 21.9 Å². The van der Waals surface area contributed by atoms with Gasteiger partial charge >= 0.3 is 5.97 Å². The van der Waals surface area contributed by atoms with Gasteiger partial charge in [-0.25, -0.2) is 17.6 Å². The molecule has 0 unspecified atom stereocenters. The zero-order chi connectivity index (χ0) is 20.2. The van der Waals surface area contributed by atoms with Crippen LogP contribution < -0.4 is 5.32 Å². The number of nitrogens with zero attached hydrogens (tertiary/aromatic N) is 1. The Morgan fingerprint density at radius 3 is 2.30 bits per heavy atom. The van der Waals surface area contributed by atoms with E-state index in [-0.39, 0.29) is 29.8 Å². The van der Waals surface area contributed by atoms with Crippen molar-refractivity contribution in [2.24, 2.45) is 11.8 Å². The fourth-order valence-corrected chi connectivity index (χ4v) is 4.54. The van der Waals surface area contributed by atoms with Crippen molar-refractivity contribution in [2.75, 3.05) is 13.1 Å². The van der Waals surface area contributed by atoms with E-state index in [0.29, 0.717) is 19.3 Å². The molecule has 1 saturated heterocycles. The number of carboxylic acid groups (broad SMARTS) is 1. The highest BCUT2D eigenvalue weighted by Gasteiger charge is 2.34. The summed E-state index contributed by atoms with van der Waals surface area (Å²) < 4.78 is 39.5. The molecule has 0 aromatic heterocycles. The van der Waals surface area contributed by atoms with Crippen LogP contribution in [-0.4, -0.2) is 48.8 Å². The Kier molecular flexibility index (Phi) is 6.94. The number of nitrogens with one attached hydrogen (secondary N) is 1. The normalized spacial score (nSPS) is 18.6.